The van der Waals surface area contributed by atoms with Crippen molar-refractivity contribution < 1.29 is 14.0 Å². The molecule has 1 fully saturated rings. The van der Waals surface area contributed by atoms with Crippen LogP contribution in [0.1, 0.15) is 33.6 Å². The molecule has 1 aliphatic rings. The topological polar surface area (TPSA) is 54.3 Å². The fourth-order valence-electron chi connectivity index (χ4n) is 3.56. The average Bonchev–Trinajstić information content (AvgIpc) is 3.29. The van der Waals surface area contributed by atoms with Gasteiger partial charge in [0.1, 0.15) is 5.82 Å². The molecule has 0 unspecified atom stereocenters. The summed E-state index contributed by atoms with van der Waals surface area (Å²) >= 11 is 0. The maximum absolute atomic E-state index is 13.0. The summed E-state index contributed by atoms with van der Waals surface area (Å²) in [6.45, 7) is 1.13. The lowest BCUT2D eigenvalue weighted by atomic mass is 10.0. The molecule has 2 amide bonds. The third-order valence-corrected chi connectivity index (χ3v) is 5.24. The Morgan fingerprint density at radius 2 is 1.45 bits per heavy atom. The molecule has 3 aromatic rings. The number of halogens is 1. The van der Waals surface area contributed by atoms with E-state index in [0.29, 0.717) is 37.1 Å². The number of hydrogen-bond acceptors (Lipinski definition) is 2. The van der Waals surface area contributed by atoms with Crippen molar-refractivity contribution in [1.82, 2.24) is 14.8 Å². The van der Waals surface area contributed by atoms with Gasteiger partial charge in [-0.1, -0.05) is 0 Å². The highest BCUT2D eigenvalue weighted by Gasteiger charge is 2.25. The number of likely N-dealkylation sites (tertiary alicyclic amines) is 1. The second-order valence-corrected chi connectivity index (χ2v) is 7.18. The highest BCUT2D eigenvalue weighted by atomic mass is 19.1. The molecule has 5 nitrogen and oxygen atoms in total. The van der Waals surface area contributed by atoms with Crippen molar-refractivity contribution in [1.29, 1.82) is 0 Å². The maximum atomic E-state index is 13.0. The molecule has 1 saturated heterocycles. The second-order valence-electron chi connectivity index (χ2n) is 7.18. The zero-order valence-corrected chi connectivity index (χ0v) is 15.9. The van der Waals surface area contributed by atoms with Gasteiger partial charge in [0.15, 0.2) is 0 Å². The smallest absolute Gasteiger partial charge is 0.253 e. The van der Waals surface area contributed by atoms with Gasteiger partial charge in [0, 0.05) is 48.3 Å². The summed E-state index contributed by atoms with van der Waals surface area (Å²) in [6.07, 6.45) is 5.30. The molecule has 0 bridgehead atoms. The van der Waals surface area contributed by atoms with E-state index in [4.69, 9.17) is 0 Å². The van der Waals surface area contributed by atoms with Crippen LogP contribution in [0.5, 0.6) is 0 Å². The van der Waals surface area contributed by atoms with Crippen LogP contribution in [0.25, 0.3) is 5.69 Å². The van der Waals surface area contributed by atoms with Crippen molar-refractivity contribution >= 4 is 11.8 Å². The van der Waals surface area contributed by atoms with Crippen LogP contribution < -0.4 is 5.32 Å². The summed E-state index contributed by atoms with van der Waals surface area (Å²) in [7, 11) is 0. The molecule has 4 rings (SSSR count). The van der Waals surface area contributed by atoms with Gasteiger partial charge in [0.25, 0.3) is 11.8 Å². The Hall–Kier alpha value is -3.41. The molecule has 1 aliphatic heterocycles. The molecule has 148 valence electrons. The molecule has 2 heterocycles. The molecule has 0 aliphatic carbocycles. The van der Waals surface area contributed by atoms with Crippen molar-refractivity contribution in [3.63, 3.8) is 0 Å². The number of rotatable bonds is 4. The lowest BCUT2D eigenvalue weighted by molar-refractivity contribution is 0.0698. The van der Waals surface area contributed by atoms with E-state index < -0.39 is 0 Å². The highest BCUT2D eigenvalue weighted by molar-refractivity contribution is 5.95. The lowest BCUT2D eigenvalue weighted by Crippen LogP contribution is -2.46. The largest absolute Gasteiger partial charge is 0.349 e. The van der Waals surface area contributed by atoms with Crippen molar-refractivity contribution in [2.75, 3.05) is 13.1 Å². The van der Waals surface area contributed by atoms with Crippen LogP contribution in [-0.2, 0) is 0 Å². The predicted molar refractivity (Wildman–Crippen MR) is 109 cm³/mol. The van der Waals surface area contributed by atoms with Gasteiger partial charge < -0.3 is 14.8 Å². The lowest BCUT2D eigenvalue weighted by Gasteiger charge is -2.32. The van der Waals surface area contributed by atoms with E-state index in [1.54, 1.807) is 4.90 Å². The van der Waals surface area contributed by atoms with E-state index in [0.717, 1.165) is 5.69 Å². The van der Waals surface area contributed by atoms with Crippen LogP contribution in [0.15, 0.2) is 73.1 Å². The number of nitrogens with zero attached hydrogens (tertiary/aromatic N) is 2. The van der Waals surface area contributed by atoms with Gasteiger partial charge in [-0.25, -0.2) is 4.39 Å². The van der Waals surface area contributed by atoms with Gasteiger partial charge in [0.2, 0.25) is 0 Å². The Bertz CT molecular complexity index is 974. The molecule has 0 spiro atoms. The number of piperidine rings is 1. The summed E-state index contributed by atoms with van der Waals surface area (Å²) in [5.74, 6) is -0.563. The SMILES string of the molecule is O=C(NC1CCN(C(=O)c2ccc(F)cc2)CC1)c1ccc(-n2cccc2)cc1. The van der Waals surface area contributed by atoms with Crippen molar-refractivity contribution in [3.05, 3.63) is 90.0 Å². The zero-order chi connectivity index (χ0) is 20.2. The van der Waals surface area contributed by atoms with E-state index >= 15 is 0 Å². The van der Waals surface area contributed by atoms with E-state index in [1.165, 1.54) is 24.3 Å². The van der Waals surface area contributed by atoms with Gasteiger partial charge in [-0.2, -0.15) is 0 Å². The first-order chi connectivity index (χ1) is 14.1. The fourth-order valence-corrected chi connectivity index (χ4v) is 3.56. The molecule has 6 heteroatoms. The number of nitrogens with one attached hydrogen (secondary N) is 1. The monoisotopic (exact) mass is 391 g/mol. The molecule has 2 aromatic carbocycles. The van der Waals surface area contributed by atoms with Crippen molar-refractivity contribution in [2.45, 2.75) is 18.9 Å². The third-order valence-electron chi connectivity index (χ3n) is 5.24. The van der Waals surface area contributed by atoms with Gasteiger partial charge in [-0.15, -0.1) is 0 Å². The Labute approximate surface area is 168 Å². The van der Waals surface area contributed by atoms with Gasteiger partial charge in [-0.3, -0.25) is 9.59 Å². The summed E-state index contributed by atoms with van der Waals surface area (Å²) in [4.78, 5) is 26.8. The van der Waals surface area contributed by atoms with Crippen LogP contribution in [-0.4, -0.2) is 40.4 Å². The summed E-state index contributed by atoms with van der Waals surface area (Å²) in [5.41, 5.74) is 2.10. The zero-order valence-electron chi connectivity index (χ0n) is 15.9. The molecular formula is C23H22FN3O2. The number of carbonyl (C=O) groups is 2. The highest BCUT2D eigenvalue weighted by Crippen LogP contribution is 2.16. The van der Waals surface area contributed by atoms with E-state index in [-0.39, 0.29) is 23.7 Å². The molecule has 0 radical (unpaired) electrons. The fraction of sp³-hybridized carbons (Fsp3) is 0.217. The standard InChI is InChI=1S/C23H22FN3O2/c24-19-7-3-18(4-8-19)23(29)27-15-11-20(12-16-27)25-22(28)17-5-9-21(10-6-17)26-13-1-2-14-26/h1-10,13-14,20H,11-12,15-16H2,(H,25,28). The number of benzene rings is 2. The molecule has 0 atom stereocenters. The van der Waals surface area contributed by atoms with E-state index in [2.05, 4.69) is 5.32 Å². The normalized spacial score (nSPS) is 14.6. The molecule has 1 N–H and O–H groups in total. The Kier molecular flexibility index (Phi) is 5.42. The minimum Gasteiger partial charge on any atom is -0.349 e. The first-order valence-electron chi connectivity index (χ1n) is 9.69. The van der Waals surface area contributed by atoms with Crippen molar-refractivity contribution in [2.24, 2.45) is 0 Å². The van der Waals surface area contributed by atoms with Crippen LogP contribution in [0.4, 0.5) is 4.39 Å². The molecule has 1 aromatic heterocycles. The van der Waals surface area contributed by atoms with Crippen molar-refractivity contribution in [3.8, 4) is 5.69 Å². The number of aromatic nitrogens is 1. The van der Waals surface area contributed by atoms with Crippen LogP contribution in [0.3, 0.4) is 0 Å². The van der Waals surface area contributed by atoms with Gasteiger partial charge in [0.05, 0.1) is 0 Å². The average molecular weight is 391 g/mol. The summed E-state index contributed by atoms with van der Waals surface area (Å²) in [5, 5.41) is 3.06. The molecular weight excluding hydrogens is 369 g/mol. The summed E-state index contributed by atoms with van der Waals surface area (Å²) in [6, 6.07) is 17.0. The Balaban J connectivity index is 1.30. The number of amides is 2. The molecule has 0 saturated carbocycles. The second kappa shape index (κ2) is 8.31. The Morgan fingerprint density at radius 1 is 0.862 bits per heavy atom. The first kappa shape index (κ1) is 18.9. The van der Waals surface area contributed by atoms with Crippen LogP contribution in [0.2, 0.25) is 0 Å². The quantitative estimate of drug-likeness (QED) is 0.738. The molecule has 29 heavy (non-hydrogen) atoms. The predicted octanol–water partition coefficient (Wildman–Crippen LogP) is 3.65. The minimum atomic E-state index is -0.357. The van der Waals surface area contributed by atoms with E-state index in [1.807, 2.05) is 53.4 Å². The Morgan fingerprint density at radius 3 is 2.07 bits per heavy atom. The number of carbonyl (C=O) groups excluding carboxylic acids is 2. The van der Waals surface area contributed by atoms with Crippen LogP contribution >= 0.6 is 0 Å². The van der Waals surface area contributed by atoms with Gasteiger partial charge >= 0.3 is 0 Å². The van der Waals surface area contributed by atoms with Gasteiger partial charge in [-0.05, 0) is 73.5 Å². The van der Waals surface area contributed by atoms with Crippen LogP contribution in [0, 0.1) is 5.82 Å². The van der Waals surface area contributed by atoms with E-state index in [9.17, 15) is 14.0 Å². The third kappa shape index (κ3) is 4.37. The first-order valence-corrected chi connectivity index (χ1v) is 9.69. The minimum absolute atomic E-state index is 0.0314. The summed E-state index contributed by atoms with van der Waals surface area (Å²) < 4.78 is 15.0. The number of hydrogen-bond donors (Lipinski definition) is 1. The maximum Gasteiger partial charge on any atom is 0.253 e.